The van der Waals surface area contributed by atoms with Crippen molar-refractivity contribution in [3.8, 4) is 11.5 Å². The average molecular weight is 471 g/mol. The summed E-state index contributed by atoms with van der Waals surface area (Å²) in [5, 5.41) is 10.6. The molecule has 1 heterocycles. The van der Waals surface area contributed by atoms with Gasteiger partial charge in [-0.2, -0.15) is 0 Å². The first kappa shape index (κ1) is 24.0. The molecule has 0 unspecified atom stereocenters. The number of furan rings is 1. The summed E-state index contributed by atoms with van der Waals surface area (Å²) in [4.78, 5) is 13.6. The van der Waals surface area contributed by atoms with Crippen LogP contribution in [0.25, 0.3) is 11.0 Å². The maximum absolute atomic E-state index is 13.6. The summed E-state index contributed by atoms with van der Waals surface area (Å²) in [6.07, 6.45) is 4.19. The number of hydrogen-bond acceptors (Lipinski definition) is 6. The quantitative estimate of drug-likeness (QED) is 0.0813. The molecule has 1 aromatic heterocycles. The minimum Gasteiger partial charge on any atom is -0.504 e. The number of ketones is 1. The first-order chi connectivity index (χ1) is 16.9. The largest absolute Gasteiger partial charge is 0.504 e. The first-order valence-electron chi connectivity index (χ1n) is 11.7. The maximum atomic E-state index is 13.6. The lowest BCUT2D eigenvalue weighted by Crippen LogP contribution is -2.06. The van der Waals surface area contributed by atoms with Crippen LogP contribution in [-0.2, 0) is 12.8 Å². The van der Waals surface area contributed by atoms with E-state index in [1.165, 1.54) is 12.1 Å². The number of aromatic hydroxyl groups is 1. The molecule has 6 nitrogen and oxygen atoms in total. The predicted octanol–water partition coefficient (Wildman–Crippen LogP) is 6.40. The van der Waals surface area contributed by atoms with Gasteiger partial charge in [0, 0.05) is 29.9 Å². The van der Waals surface area contributed by atoms with Crippen molar-refractivity contribution in [1.82, 2.24) is 0 Å². The van der Waals surface area contributed by atoms with E-state index in [0.29, 0.717) is 52.2 Å². The molecule has 0 aliphatic heterocycles. The lowest BCUT2D eigenvalue weighted by molar-refractivity contribution is 0.103. The number of nitrogens with two attached hydrogens (primary N) is 2. The van der Waals surface area contributed by atoms with Gasteiger partial charge < -0.3 is 25.7 Å². The Hall–Kier alpha value is -4.19. The minimum absolute atomic E-state index is 0.0568. The van der Waals surface area contributed by atoms with E-state index in [0.717, 1.165) is 24.8 Å². The molecule has 0 aliphatic carbocycles. The summed E-state index contributed by atoms with van der Waals surface area (Å²) in [6.45, 7) is 6.16. The topological polar surface area (TPSA) is 112 Å². The fraction of sp³-hybridized carbons (Fsp3) is 0.207. The fourth-order valence-electron chi connectivity index (χ4n) is 4.13. The molecule has 6 heteroatoms. The number of hydrogen-bond donors (Lipinski definition) is 3. The van der Waals surface area contributed by atoms with Crippen LogP contribution in [0.3, 0.4) is 0 Å². The maximum Gasteiger partial charge on any atom is 0.197 e. The van der Waals surface area contributed by atoms with Gasteiger partial charge in [-0.05, 0) is 36.2 Å². The number of allylic oxidation sites excluding steroid dienone is 1. The minimum atomic E-state index is -0.254. The number of unbranched alkanes of at least 4 members (excludes halogenated alkanes) is 2. The van der Waals surface area contributed by atoms with Gasteiger partial charge in [-0.25, -0.2) is 0 Å². The van der Waals surface area contributed by atoms with Gasteiger partial charge in [-0.3, -0.25) is 4.79 Å². The van der Waals surface area contributed by atoms with Gasteiger partial charge in [0.05, 0.1) is 16.9 Å². The van der Waals surface area contributed by atoms with Crippen LogP contribution in [0, 0.1) is 0 Å². The average Bonchev–Trinajstić information content (AvgIpc) is 3.19. The molecule has 0 aliphatic rings. The van der Waals surface area contributed by atoms with Crippen molar-refractivity contribution in [3.05, 3.63) is 95.5 Å². The summed E-state index contributed by atoms with van der Waals surface area (Å²) < 4.78 is 12.1. The van der Waals surface area contributed by atoms with Gasteiger partial charge in [0.1, 0.15) is 22.9 Å². The van der Waals surface area contributed by atoms with Crippen molar-refractivity contribution in [1.29, 1.82) is 0 Å². The Morgan fingerprint density at radius 1 is 1.03 bits per heavy atom. The van der Waals surface area contributed by atoms with Gasteiger partial charge >= 0.3 is 0 Å². The molecular formula is C29H30N2O4. The zero-order chi connectivity index (χ0) is 24.9. The van der Waals surface area contributed by atoms with Crippen LogP contribution < -0.4 is 16.2 Å². The molecule has 0 saturated heterocycles. The van der Waals surface area contributed by atoms with E-state index in [-0.39, 0.29) is 22.9 Å². The Balaban J connectivity index is 1.67. The lowest BCUT2D eigenvalue weighted by Gasteiger charge is -2.09. The normalized spacial score (nSPS) is 11.0. The van der Waals surface area contributed by atoms with Crippen LogP contribution >= 0.6 is 0 Å². The highest BCUT2D eigenvalue weighted by atomic mass is 16.5. The first-order valence-corrected chi connectivity index (χ1v) is 11.7. The number of benzene rings is 3. The third kappa shape index (κ3) is 5.32. The number of fused-ring (bicyclic) bond motifs is 1. The van der Waals surface area contributed by atoms with Crippen LogP contribution in [0.1, 0.15) is 53.4 Å². The van der Waals surface area contributed by atoms with Crippen LogP contribution in [0.2, 0.25) is 0 Å². The van der Waals surface area contributed by atoms with E-state index < -0.39 is 0 Å². The van der Waals surface area contributed by atoms with Crippen LogP contribution in [0.4, 0.5) is 11.4 Å². The van der Waals surface area contributed by atoms with E-state index in [1.807, 2.05) is 36.4 Å². The number of phenols is 1. The summed E-state index contributed by atoms with van der Waals surface area (Å²) in [5.41, 5.74) is 14.3. The highest BCUT2D eigenvalue weighted by Gasteiger charge is 2.23. The van der Waals surface area contributed by atoms with Gasteiger partial charge in [0.2, 0.25) is 0 Å². The summed E-state index contributed by atoms with van der Waals surface area (Å²) in [6, 6.07) is 18.3. The monoisotopic (exact) mass is 470 g/mol. The molecule has 0 spiro atoms. The van der Waals surface area contributed by atoms with Crippen molar-refractivity contribution in [2.45, 2.75) is 39.0 Å². The highest BCUT2D eigenvalue weighted by molar-refractivity contribution is 6.17. The molecule has 0 radical (unpaired) electrons. The molecule has 180 valence electrons. The molecule has 35 heavy (non-hydrogen) atoms. The number of carbonyl (C=O) groups is 1. The van der Waals surface area contributed by atoms with Crippen molar-refractivity contribution < 1.29 is 19.1 Å². The van der Waals surface area contributed by atoms with E-state index in [9.17, 15) is 9.90 Å². The van der Waals surface area contributed by atoms with E-state index in [4.69, 9.17) is 20.6 Å². The molecule has 0 atom stereocenters. The summed E-state index contributed by atoms with van der Waals surface area (Å²) in [5.74, 6) is 1.33. The number of aryl methyl sites for hydroxylation is 1. The molecule has 0 bridgehead atoms. The van der Waals surface area contributed by atoms with Crippen molar-refractivity contribution in [2.75, 3.05) is 11.5 Å². The summed E-state index contributed by atoms with van der Waals surface area (Å²) in [7, 11) is 0. The SMILES string of the molecule is C=C(Cc1ccccc1)Oc1ccc2c(C(=O)c3cc(N)c(O)c(N)c3)c(CCCCC)oc2c1. The van der Waals surface area contributed by atoms with Crippen molar-refractivity contribution in [2.24, 2.45) is 0 Å². The molecule has 0 saturated carbocycles. The second-order valence-electron chi connectivity index (χ2n) is 8.65. The van der Waals surface area contributed by atoms with Gasteiger partial charge in [0.15, 0.2) is 11.5 Å². The Kier molecular flexibility index (Phi) is 7.11. The lowest BCUT2D eigenvalue weighted by atomic mass is 9.97. The molecule has 0 fully saturated rings. The van der Waals surface area contributed by atoms with Gasteiger partial charge in [0.25, 0.3) is 0 Å². The van der Waals surface area contributed by atoms with Gasteiger partial charge in [-0.1, -0.05) is 56.7 Å². The van der Waals surface area contributed by atoms with E-state index in [1.54, 1.807) is 12.1 Å². The number of rotatable bonds is 10. The standard InChI is InChI=1S/C29H30N2O4/c1-3-4-6-11-25-27(28(32)20-15-23(30)29(33)24(31)16-20)22-13-12-21(17-26(22)35-25)34-18(2)14-19-9-7-5-8-10-19/h5,7-10,12-13,15-17,33H,2-4,6,11,14,30-31H2,1H3. The molecule has 4 aromatic rings. The predicted molar refractivity (Wildman–Crippen MR) is 140 cm³/mol. The number of phenolic OH excluding ortho intramolecular Hbond substituents is 1. The zero-order valence-electron chi connectivity index (χ0n) is 19.8. The number of nitrogen functional groups attached to an aromatic ring is 2. The van der Waals surface area contributed by atoms with Crippen LogP contribution in [0.15, 0.2) is 77.4 Å². The van der Waals surface area contributed by atoms with Crippen molar-refractivity contribution >= 4 is 28.1 Å². The number of anilines is 2. The Morgan fingerprint density at radius 2 is 1.74 bits per heavy atom. The fourth-order valence-corrected chi connectivity index (χ4v) is 4.13. The van der Waals surface area contributed by atoms with Crippen LogP contribution in [-0.4, -0.2) is 10.9 Å². The van der Waals surface area contributed by atoms with Crippen molar-refractivity contribution in [3.63, 3.8) is 0 Å². The highest BCUT2D eigenvalue weighted by Crippen LogP contribution is 2.35. The second kappa shape index (κ2) is 10.4. The summed E-state index contributed by atoms with van der Waals surface area (Å²) >= 11 is 0. The number of ether oxygens (including phenoxy) is 1. The zero-order valence-corrected chi connectivity index (χ0v) is 19.8. The molecule has 0 amide bonds. The Bertz CT molecular complexity index is 1350. The Morgan fingerprint density at radius 3 is 2.43 bits per heavy atom. The Labute approximate surface area is 204 Å². The van der Waals surface area contributed by atoms with Gasteiger partial charge in [-0.15, -0.1) is 0 Å². The third-order valence-electron chi connectivity index (χ3n) is 5.91. The molecule has 4 rings (SSSR count). The van der Waals surface area contributed by atoms with E-state index >= 15 is 0 Å². The van der Waals surface area contributed by atoms with Crippen LogP contribution in [0.5, 0.6) is 11.5 Å². The molecule has 3 aromatic carbocycles. The molecular weight excluding hydrogens is 440 g/mol. The second-order valence-corrected chi connectivity index (χ2v) is 8.65. The number of carbonyl (C=O) groups excluding carboxylic acids is 1. The van der Waals surface area contributed by atoms with E-state index in [2.05, 4.69) is 13.5 Å². The smallest absolute Gasteiger partial charge is 0.197 e. The third-order valence-corrected chi connectivity index (χ3v) is 5.91. The molecule has 5 N–H and O–H groups in total.